The zero-order valence-corrected chi connectivity index (χ0v) is 13.2. The Kier molecular flexibility index (Phi) is 4.25. The number of rotatable bonds is 4. The van der Waals surface area contributed by atoms with Gasteiger partial charge in [0.1, 0.15) is 4.64 Å². The van der Waals surface area contributed by atoms with E-state index in [9.17, 15) is 5.11 Å². The van der Waals surface area contributed by atoms with E-state index in [-0.39, 0.29) is 5.75 Å². The van der Waals surface area contributed by atoms with E-state index >= 15 is 0 Å². The van der Waals surface area contributed by atoms with E-state index in [0.29, 0.717) is 10.4 Å². The van der Waals surface area contributed by atoms with E-state index < -0.39 is 0 Å². The fourth-order valence-corrected chi connectivity index (χ4v) is 2.41. The number of nitrogens with one attached hydrogen (secondary N) is 1. The second kappa shape index (κ2) is 6.50. The standard InChI is InChI=1S/C17H15N3O2S/c1-22-15-10-12(6-8-14(15)21)5-7-13-11-17(23)20(19-13)16-4-2-3-9-18-16/h2-11,19,21H,1H3. The number of phenols is 1. The molecule has 3 aromatic rings. The molecular weight excluding hydrogens is 310 g/mol. The SMILES string of the molecule is COc1cc(C=Cc2cc(=S)n(-c3ccccn3)[nH]2)ccc1O. The first kappa shape index (κ1) is 15.1. The minimum atomic E-state index is 0.116. The lowest BCUT2D eigenvalue weighted by Crippen LogP contribution is -1.98. The van der Waals surface area contributed by atoms with E-state index in [1.807, 2.05) is 36.4 Å². The maximum absolute atomic E-state index is 9.61. The molecule has 0 amide bonds. The summed E-state index contributed by atoms with van der Waals surface area (Å²) in [7, 11) is 1.52. The van der Waals surface area contributed by atoms with E-state index in [1.165, 1.54) is 7.11 Å². The van der Waals surface area contributed by atoms with Crippen LogP contribution in [0.1, 0.15) is 11.3 Å². The molecule has 0 saturated carbocycles. The minimum absolute atomic E-state index is 0.116. The van der Waals surface area contributed by atoms with Crippen LogP contribution in [0.15, 0.2) is 48.7 Å². The average molecular weight is 325 g/mol. The smallest absolute Gasteiger partial charge is 0.161 e. The normalized spacial score (nSPS) is 11.0. The second-order valence-electron chi connectivity index (χ2n) is 4.84. The molecule has 0 saturated heterocycles. The summed E-state index contributed by atoms with van der Waals surface area (Å²) in [6.07, 6.45) is 5.53. The van der Waals surface area contributed by atoms with Crippen LogP contribution in [0, 0.1) is 4.64 Å². The number of hydrogen-bond acceptors (Lipinski definition) is 4. The van der Waals surface area contributed by atoms with Crippen molar-refractivity contribution in [3.63, 3.8) is 0 Å². The molecule has 2 heterocycles. The van der Waals surface area contributed by atoms with Gasteiger partial charge in [0, 0.05) is 6.20 Å². The van der Waals surface area contributed by atoms with Crippen LogP contribution in [0.25, 0.3) is 18.0 Å². The Labute approximate surface area is 138 Å². The molecule has 0 radical (unpaired) electrons. The Morgan fingerprint density at radius 3 is 2.83 bits per heavy atom. The van der Waals surface area contributed by atoms with Crippen molar-refractivity contribution >= 4 is 24.4 Å². The molecule has 0 aliphatic carbocycles. The molecule has 0 atom stereocenters. The number of aromatic amines is 1. The predicted molar refractivity (Wildman–Crippen MR) is 92.3 cm³/mol. The van der Waals surface area contributed by atoms with Gasteiger partial charge in [-0.1, -0.05) is 30.4 Å². The number of nitrogens with zero attached hydrogens (tertiary/aromatic N) is 2. The number of pyridine rings is 1. The first-order chi connectivity index (χ1) is 11.2. The fraction of sp³-hybridized carbons (Fsp3) is 0.0588. The third-order valence-corrected chi connectivity index (χ3v) is 3.58. The molecule has 5 nitrogen and oxygen atoms in total. The largest absolute Gasteiger partial charge is 0.504 e. The number of benzene rings is 1. The zero-order valence-electron chi connectivity index (χ0n) is 12.4. The topological polar surface area (TPSA) is 63.1 Å². The molecule has 0 aliphatic rings. The van der Waals surface area contributed by atoms with Crippen molar-refractivity contribution in [3.8, 4) is 17.3 Å². The van der Waals surface area contributed by atoms with Crippen molar-refractivity contribution in [3.05, 3.63) is 64.6 Å². The molecule has 116 valence electrons. The highest BCUT2D eigenvalue weighted by Gasteiger charge is 2.02. The first-order valence-corrected chi connectivity index (χ1v) is 7.37. The monoisotopic (exact) mass is 325 g/mol. The second-order valence-corrected chi connectivity index (χ2v) is 5.26. The highest BCUT2D eigenvalue weighted by molar-refractivity contribution is 7.71. The van der Waals surface area contributed by atoms with Crippen LogP contribution in [0.5, 0.6) is 11.5 Å². The third kappa shape index (κ3) is 3.32. The number of hydrogen-bond donors (Lipinski definition) is 2. The van der Waals surface area contributed by atoms with Crippen LogP contribution < -0.4 is 4.74 Å². The van der Waals surface area contributed by atoms with E-state index in [1.54, 1.807) is 29.1 Å². The molecule has 2 N–H and O–H groups in total. The van der Waals surface area contributed by atoms with Crippen molar-refractivity contribution in [1.82, 2.24) is 14.8 Å². The third-order valence-electron chi connectivity index (χ3n) is 3.28. The quantitative estimate of drug-likeness (QED) is 0.716. The molecular formula is C17H15N3O2S. The molecule has 23 heavy (non-hydrogen) atoms. The van der Waals surface area contributed by atoms with Crippen LogP contribution in [0.2, 0.25) is 0 Å². The van der Waals surface area contributed by atoms with Gasteiger partial charge in [-0.25, -0.2) is 9.67 Å². The van der Waals surface area contributed by atoms with Gasteiger partial charge in [0.25, 0.3) is 0 Å². The molecule has 0 aliphatic heterocycles. The van der Waals surface area contributed by atoms with Crippen LogP contribution in [-0.2, 0) is 0 Å². The van der Waals surface area contributed by atoms with Gasteiger partial charge in [-0.2, -0.15) is 0 Å². The van der Waals surface area contributed by atoms with Crippen LogP contribution in [0.4, 0.5) is 0 Å². The predicted octanol–water partition coefficient (Wildman–Crippen LogP) is 3.81. The molecule has 2 aromatic heterocycles. The number of H-pyrrole nitrogens is 1. The summed E-state index contributed by atoms with van der Waals surface area (Å²) in [4.78, 5) is 4.27. The van der Waals surface area contributed by atoms with Gasteiger partial charge < -0.3 is 9.84 Å². The Morgan fingerprint density at radius 2 is 2.09 bits per heavy atom. The number of ether oxygens (including phenoxy) is 1. The molecule has 0 fully saturated rings. The summed E-state index contributed by atoms with van der Waals surface area (Å²) < 4.78 is 7.49. The van der Waals surface area contributed by atoms with Gasteiger partial charge in [0.05, 0.1) is 12.8 Å². The van der Waals surface area contributed by atoms with Crippen LogP contribution in [0.3, 0.4) is 0 Å². The van der Waals surface area contributed by atoms with Crippen molar-refractivity contribution in [2.75, 3.05) is 7.11 Å². The number of phenolic OH excluding ortho intramolecular Hbond substituents is 1. The van der Waals surface area contributed by atoms with Gasteiger partial charge in [-0.15, -0.1) is 0 Å². The summed E-state index contributed by atoms with van der Waals surface area (Å²) in [5.41, 5.74) is 1.76. The molecule has 6 heteroatoms. The molecule has 0 spiro atoms. The Hall–Kier alpha value is -2.86. The van der Waals surface area contributed by atoms with Gasteiger partial charge in [0.2, 0.25) is 0 Å². The van der Waals surface area contributed by atoms with E-state index in [4.69, 9.17) is 17.0 Å². The summed E-state index contributed by atoms with van der Waals surface area (Å²) >= 11 is 5.35. The van der Waals surface area contributed by atoms with E-state index in [2.05, 4.69) is 10.1 Å². The summed E-state index contributed by atoms with van der Waals surface area (Å²) in [5, 5.41) is 12.8. The number of aromatic hydroxyl groups is 1. The lowest BCUT2D eigenvalue weighted by atomic mass is 10.2. The number of aromatic nitrogens is 3. The fourth-order valence-electron chi connectivity index (χ4n) is 2.14. The highest BCUT2D eigenvalue weighted by Crippen LogP contribution is 2.27. The van der Waals surface area contributed by atoms with Gasteiger partial charge in [-0.3, -0.25) is 5.10 Å². The molecule has 1 aromatic carbocycles. The van der Waals surface area contributed by atoms with Crippen molar-refractivity contribution in [2.45, 2.75) is 0 Å². The number of methoxy groups -OCH3 is 1. The maximum atomic E-state index is 9.61. The zero-order chi connectivity index (χ0) is 16.2. The summed E-state index contributed by atoms with van der Waals surface area (Å²) in [5.74, 6) is 1.29. The van der Waals surface area contributed by atoms with Crippen LogP contribution >= 0.6 is 12.2 Å². The van der Waals surface area contributed by atoms with E-state index in [0.717, 1.165) is 17.1 Å². The Morgan fingerprint density at radius 1 is 1.22 bits per heavy atom. The molecule has 0 unspecified atom stereocenters. The van der Waals surface area contributed by atoms with Gasteiger partial charge in [-0.05, 0) is 42.0 Å². The Balaban J connectivity index is 1.88. The maximum Gasteiger partial charge on any atom is 0.161 e. The summed E-state index contributed by atoms with van der Waals surface area (Å²) in [6.45, 7) is 0. The molecule has 0 bridgehead atoms. The van der Waals surface area contributed by atoms with Gasteiger partial charge in [0.15, 0.2) is 17.3 Å². The van der Waals surface area contributed by atoms with Crippen molar-refractivity contribution in [1.29, 1.82) is 0 Å². The minimum Gasteiger partial charge on any atom is -0.504 e. The average Bonchev–Trinajstić information content (AvgIpc) is 2.96. The lowest BCUT2D eigenvalue weighted by molar-refractivity contribution is 0.373. The van der Waals surface area contributed by atoms with Gasteiger partial charge >= 0.3 is 0 Å². The molecule has 3 rings (SSSR count). The highest BCUT2D eigenvalue weighted by atomic mass is 32.1. The Bertz CT molecular complexity index is 898. The van der Waals surface area contributed by atoms with Crippen molar-refractivity contribution < 1.29 is 9.84 Å². The van der Waals surface area contributed by atoms with Crippen LogP contribution in [-0.4, -0.2) is 27.0 Å². The first-order valence-electron chi connectivity index (χ1n) is 6.96. The lowest BCUT2D eigenvalue weighted by Gasteiger charge is -2.03. The summed E-state index contributed by atoms with van der Waals surface area (Å²) in [6, 6.07) is 12.7. The van der Waals surface area contributed by atoms with Crippen molar-refractivity contribution in [2.24, 2.45) is 0 Å².